The number of hydrogen-bond acceptors (Lipinski definition) is 4. The first kappa shape index (κ1) is 8.62. The van der Waals surface area contributed by atoms with Gasteiger partial charge in [0.2, 0.25) is 0 Å². The molecule has 0 atom stereocenters. The number of hydrogen-bond donors (Lipinski definition) is 1. The van der Waals surface area contributed by atoms with E-state index in [0.717, 1.165) is 16.6 Å². The van der Waals surface area contributed by atoms with E-state index in [9.17, 15) is 0 Å². The lowest BCUT2D eigenvalue weighted by Gasteiger charge is -1.98. The molecule has 1 N–H and O–H groups in total. The van der Waals surface area contributed by atoms with Crippen LogP contribution < -0.4 is 0 Å². The van der Waals surface area contributed by atoms with Crippen LogP contribution in [0.2, 0.25) is 0 Å². The molecule has 0 saturated carbocycles. The zero-order valence-corrected chi connectivity index (χ0v) is 7.68. The topological polar surface area (TPSA) is 58.4 Å². The smallest absolute Gasteiger partial charge is 0.104 e. The predicted octanol–water partition coefficient (Wildman–Crippen LogP) is 1.75. The lowest BCUT2D eigenvalue weighted by atomic mass is 10.2. The minimum Gasteiger partial charge on any atom is -0.411 e. The summed E-state index contributed by atoms with van der Waals surface area (Å²) in [4.78, 5) is 8.43. The first-order valence-corrected chi connectivity index (χ1v) is 4.20. The van der Waals surface area contributed by atoms with Crippen LogP contribution in [0.15, 0.2) is 29.6 Å². The van der Waals surface area contributed by atoms with E-state index in [-0.39, 0.29) is 0 Å². The predicted molar refractivity (Wildman–Crippen MR) is 53.7 cm³/mol. The Bertz CT molecular complexity index is 494. The number of nitrogens with zero attached hydrogens (tertiary/aromatic N) is 3. The van der Waals surface area contributed by atoms with Gasteiger partial charge >= 0.3 is 0 Å². The number of aryl methyl sites for hydroxylation is 1. The number of benzene rings is 1. The van der Waals surface area contributed by atoms with Gasteiger partial charge in [-0.25, -0.2) is 4.98 Å². The van der Waals surface area contributed by atoms with Gasteiger partial charge in [-0.05, 0) is 24.6 Å². The van der Waals surface area contributed by atoms with Crippen molar-refractivity contribution in [3.8, 4) is 0 Å². The van der Waals surface area contributed by atoms with Crippen LogP contribution in [-0.4, -0.2) is 21.4 Å². The Morgan fingerprint density at radius 2 is 2.21 bits per heavy atom. The maximum atomic E-state index is 8.35. The van der Waals surface area contributed by atoms with Crippen molar-refractivity contribution < 1.29 is 5.21 Å². The lowest BCUT2D eigenvalue weighted by molar-refractivity contribution is 0.321. The molecule has 0 aliphatic heterocycles. The van der Waals surface area contributed by atoms with Crippen LogP contribution in [0, 0.1) is 6.92 Å². The second-order valence-electron chi connectivity index (χ2n) is 3.03. The third kappa shape index (κ3) is 1.54. The van der Waals surface area contributed by atoms with E-state index in [1.807, 2.05) is 25.1 Å². The monoisotopic (exact) mass is 187 g/mol. The fourth-order valence-electron chi connectivity index (χ4n) is 1.26. The van der Waals surface area contributed by atoms with Gasteiger partial charge in [0.15, 0.2) is 0 Å². The van der Waals surface area contributed by atoms with E-state index < -0.39 is 0 Å². The molecule has 4 heteroatoms. The quantitative estimate of drug-likeness (QED) is 0.420. The van der Waals surface area contributed by atoms with Gasteiger partial charge < -0.3 is 5.21 Å². The molecule has 2 rings (SSSR count). The van der Waals surface area contributed by atoms with Crippen molar-refractivity contribution in [3.05, 3.63) is 35.7 Å². The Morgan fingerprint density at radius 1 is 1.36 bits per heavy atom. The maximum Gasteiger partial charge on any atom is 0.104 e. The fourth-order valence-corrected chi connectivity index (χ4v) is 1.26. The summed E-state index contributed by atoms with van der Waals surface area (Å²) < 4.78 is 0. The highest BCUT2D eigenvalue weighted by molar-refractivity contribution is 5.82. The summed E-state index contributed by atoms with van der Waals surface area (Å²) >= 11 is 0. The third-order valence-electron chi connectivity index (χ3n) is 1.91. The van der Waals surface area contributed by atoms with Crippen molar-refractivity contribution in [1.29, 1.82) is 0 Å². The molecule has 0 radical (unpaired) electrons. The SMILES string of the molecule is Cc1ccc2ncc(C=NO)nc2c1. The summed E-state index contributed by atoms with van der Waals surface area (Å²) in [5.41, 5.74) is 3.32. The van der Waals surface area contributed by atoms with E-state index in [0.29, 0.717) is 5.69 Å². The molecule has 70 valence electrons. The van der Waals surface area contributed by atoms with Crippen molar-refractivity contribution >= 4 is 17.2 Å². The van der Waals surface area contributed by atoms with E-state index >= 15 is 0 Å². The molecule has 4 nitrogen and oxygen atoms in total. The molecule has 0 fully saturated rings. The highest BCUT2D eigenvalue weighted by atomic mass is 16.4. The zero-order valence-electron chi connectivity index (χ0n) is 7.68. The summed E-state index contributed by atoms with van der Waals surface area (Å²) in [6.45, 7) is 1.99. The standard InChI is InChI=1S/C10H9N3O/c1-7-2-3-9-10(4-7)13-8(5-11-9)6-12-14/h2-6,14H,1H3. The van der Waals surface area contributed by atoms with Crippen molar-refractivity contribution in [2.45, 2.75) is 6.92 Å². The fraction of sp³-hybridized carbons (Fsp3) is 0.100. The van der Waals surface area contributed by atoms with Crippen LogP contribution in [0.5, 0.6) is 0 Å². The Balaban J connectivity index is 2.63. The molecule has 0 aliphatic rings. The summed E-state index contributed by atoms with van der Waals surface area (Å²) in [7, 11) is 0. The Labute approximate surface area is 80.9 Å². The Morgan fingerprint density at radius 3 is 3.00 bits per heavy atom. The first-order valence-electron chi connectivity index (χ1n) is 4.20. The first-order chi connectivity index (χ1) is 6.79. The van der Waals surface area contributed by atoms with Gasteiger partial charge in [-0.2, -0.15) is 0 Å². The molecule has 0 unspecified atom stereocenters. The van der Waals surface area contributed by atoms with Crippen LogP contribution >= 0.6 is 0 Å². The zero-order chi connectivity index (χ0) is 9.97. The molecule has 1 aromatic carbocycles. The van der Waals surface area contributed by atoms with Crippen LogP contribution in [-0.2, 0) is 0 Å². The Kier molecular flexibility index (Phi) is 2.10. The average molecular weight is 187 g/mol. The number of oxime groups is 1. The van der Waals surface area contributed by atoms with E-state index in [2.05, 4.69) is 15.1 Å². The van der Waals surface area contributed by atoms with Crippen molar-refractivity contribution in [2.75, 3.05) is 0 Å². The van der Waals surface area contributed by atoms with Crippen LogP contribution in [0.1, 0.15) is 11.3 Å². The van der Waals surface area contributed by atoms with Gasteiger partial charge in [-0.15, -0.1) is 0 Å². The minimum atomic E-state index is 0.547. The van der Waals surface area contributed by atoms with Gasteiger partial charge in [0, 0.05) is 0 Å². The molecule has 14 heavy (non-hydrogen) atoms. The van der Waals surface area contributed by atoms with Crippen LogP contribution in [0.25, 0.3) is 11.0 Å². The second kappa shape index (κ2) is 3.41. The van der Waals surface area contributed by atoms with Gasteiger partial charge in [0.25, 0.3) is 0 Å². The number of rotatable bonds is 1. The van der Waals surface area contributed by atoms with Crippen molar-refractivity contribution in [1.82, 2.24) is 9.97 Å². The molecule has 0 saturated heterocycles. The van der Waals surface area contributed by atoms with Gasteiger partial charge in [-0.1, -0.05) is 11.2 Å². The largest absolute Gasteiger partial charge is 0.411 e. The molecular formula is C10H9N3O. The number of fused-ring (bicyclic) bond motifs is 1. The summed E-state index contributed by atoms with van der Waals surface area (Å²) in [5.74, 6) is 0. The highest BCUT2D eigenvalue weighted by Gasteiger charge is 1.97. The molecule has 0 spiro atoms. The molecule has 1 aromatic heterocycles. The molecule has 0 amide bonds. The van der Waals surface area contributed by atoms with Crippen molar-refractivity contribution in [2.24, 2.45) is 5.16 Å². The lowest BCUT2D eigenvalue weighted by Crippen LogP contribution is -1.91. The highest BCUT2D eigenvalue weighted by Crippen LogP contribution is 2.10. The number of aromatic nitrogens is 2. The van der Waals surface area contributed by atoms with E-state index in [1.54, 1.807) is 6.20 Å². The Hall–Kier alpha value is -1.97. The summed E-state index contributed by atoms with van der Waals surface area (Å²) in [6.07, 6.45) is 2.83. The molecule has 0 bridgehead atoms. The van der Waals surface area contributed by atoms with Gasteiger partial charge in [-0.3, -0.25) is 4.98 Å². The van der Waals surface area contributed by atoms with Gasteiger partial charge in [0.1, 0.15) is 5.69 Å². The van der Waals surface area contributed by atoms with Gasteiger partial charge in [0.05, 0.1) is 23.4 Å². The van der Waals surface area contributed by atoms with E-state index in [1.165, 1.54) is 6.21 Å². The van der Waals surface area contributed by atoms with Crippen molar-refractivity contribution in [3.63, 3.8) is 0 Å². The van der Waals surface area contributed by atoms with E-state index in [4.69, 9.17) is 5.21 Å². The molecule has 0 aliphatic carbocycles. The average Bonchev–Trinajstić information content (AvgIpc) is 2.17. The molecule has 2 aromatic rings. The second-order valence-corrected chi connectivity index (χ2v) is 3.03. The third-order valence-corrected chi connectivity index (χ3v) is 1.91. The maximum absolute atomic E-state index is 8.35. The molecular weight excluding hydrogens is 178 g/mol. The normalized spacial score (nSPS) is 11.2. The van der Waals surface area contributed by atoms with Crippen LogP contribution in [0.4, 0.5) is 0 Å². The summed E-state index contributed by atoms with van der Waals surface area (Å²) in [5, 5.41) is 11.3. The minimum absolute atomic E-state index is 0.547. The summed E-state index contributed by atoms with van der Waals surface area (Å²) in [6, 6.07) is 5.84. The van der Waals surface area contributed by atoms with Crippen LogP contribution in [0.3, 0.4) is 0 Å². The molecule has 1 heterocycles.